The maximum atomic E-state index is 6.86. The van der Waals surface area contributed by atoms with Gasteiger partial charge in [-0.3, -0.25) is 4.57 Å². The van der Waals surface area contributed by atoms with E-state index in [2.05, 4.69) is 167 Å². The van der Waals surface area contributed by atoms with Gasteiger partial charge in [-0.2, -0.15) is 5.10 Å². The van der Waals surface area contributed by atoms with Crippen LogP contribution in [0.4, 0.5) is 0 Å². The first-order valence-corrected chi connectivity index (χ1v) is 19.8. The zero-order valence-corrected chi connectivity index (χ0v) is 32.8. The second-order valence-electron chi connectivity index (χ2n) is 15.9. The summed E-state index contributed by atoms with van der Waals surface area (Å²) in [6.45, 7) is 16.0. The molecule has 1 aliphatic carbocycles. The molecule has 0 fully saturated rings. The molecule has 0 N–H and O–H groups in total. The highest BCUT2D eigenvalue weighted by atomic mass is 16.5. The first-order valence-electron chi connectivity index (χ1n) is 19.8. The van der Waals surface area contributed by atoms with Crippen molar-refractivity contribution in [2.45, 2.75) is 86.0 Å². The van der Waals surface area contributed by atoms with Gasteiger partial charge in [-0.25, -0.2) is 9.67 Å². The van der Waals surface area contributed by atoms with Crippen LogP contribution >= 0.6 is 0 Å². The molecule has 8 rings (SSSR count). The van der Waals surface area contributed by atoms with Gasteiger partial charge >= 0.3 is 0 Å². The minimum Gasteiger partial charge on any atom is -0.457 e. The first-order chi connectivity index (χ1) is 26.2. The van der Waals surface area contributed by atoms with Crippen LogP contribution in [0.5, 0.6) is 11.5 Å². The van der Waals surface area contributed by atoms with Gasteiger partial charge in [0.2, 0.25) is 0 Å². The molecule has 0 radical (unpaired) electrons. The molecule has 0 saturated carbocycles. The number of benzene rings is 4. The SMILES string of the molecule is CCCCc1ccnc(-n2c3ccccc3c3ccc(Oc4cc(C(C)C)cc(-n5nc(C)c([C@H]6C(C)=C[C@H](C)CC6C)c5-c5ccccc5)c4)cc32)c1. The van der Waals surface area contributed by atoms with Crippen LogP contribution in [0.3, 0.4) is 0 Å². The largest absolute Gasteiger partial charge is 0.457 e. The van der Waals surface area contributed by atoms with Crippen LogP contribution in [0.25, 0.3) is 44.6 Å². The minimum absolute atomic E-state index is 0.296. The van der Waals surface area contributed by atoms with Gasteiger partial charge in [0.05, 0.1) is 28.1 Å². The Morgan fingerprint density at radius 3 is 2.37 bits per heavy atom. The van der Waals surface area contributed by atoms with E-state index in [4.69, 9.17) is 14.8 Å². The summed E-state index contributed by atoms with van der Waals surface area (Å²) in [5.41, 5.74) is 11.9. The fourth-order valence-corrected chi connectivity index (χ4v) is 8.91. The predicted molar refractivity (Wildman–Crippen MR) is 225 cm³/mol. The summed E-state index contributed by atoms with van der Waals surface area (Å²) in [7, 11) is 0. The van der Waals surface area contributed by atoms with Crippen LogP contribution in [-0.4, -0.2) is 19.3 Å². The van der Waals surface area contributed by atoms with Gasteiger partial charge in [-0.1, -0.05) is 101 Å². The fourth-order valence-electron chi connectivity index (χ4n) is 8.91. The number of pyridine rings is 1. The number of unbranched alkanes of at least 4 members (excludes halogenated alkanes) is 1. The second-order valence-corrected chi connectivity index (χ2v) is 15.9. The minimum atomic E-state index is 0.296. The molecule has 3 heterocycles. The molecule has 7 aromatic rings. The lowest BCUT2D eigenvalue weighted by Gasteiger charge is -2.32. The maximum Gasteiger partial charge on any atom is 0.137 e. The number of nitrogens with zero attached hydrogens (tertiary/aromatic N) is 4. The molecule has 54 heavy (non-hydrogen) atoms. The fraction of sp³-hybridized carbons (Fsp3) is 0.306. The maximum absolute atomic E-state index is 6.86. The van der Waals surface area contributed by atoms with Crippen molar-refractivity contribution in [3.63, 3.8) is 0 Å². The van der Waals surface area contributed by atoms with E-state index in [0.717, 1.165) is 59.0 Å². The summed E-state index contributed by atoms with van der Waals surface area (Å²) < 4.78 is 11.3. The van der Waals surface area contributed by atoms with Crippen molar-refractivity contribution >= 4 is 21.8 Å². The van der Waals surface area contributed by atoms with Gasteiger partial charge in [0.1, 0.15) is 17.3 Å². The quantitative estimate of drug-likeness (QED) is 0.133. The van der Waals surface area contributed by atoms with E-state index in [9.17, 15) is 0 Å². The highest BCUT2D eigenvalue weighted by Gasteiger charge is 2.33. The Morgan fingerprint density at radius 1 is 0.815 bits per heavy atom. The van der Waals surface area contributed by atoms with Gasteiger partial charge in [0.15, 0.2) is 0 Å². The Hall–Kier alpha value is -5.42. The summed E-state index contributed by atoms with van der Waals surface area (Å²) in [5, 5.41) is 7.71. The Bertz CT molecular complexity index is 2480. The summed E-state index contributed by atoms with van der Waals surface area (Å²) in [5.74, 6) is 4.22. The van der Waals surface area contributed by atoms with E-state index < -0.39 is 0 Å². The van der Waals surface area contributed by atoms with Crippen LogP contribution in [0.1, 0.15) is 95.0 Å². The standard InChI is InChI=1S/C49H52N4O/c1-8-9-15-36-22-23-50-46(26-36)52-44-19-14-13-18-42(44)43-21-20-40(30-45(43)52)54-41-28-38(31(2)3)27-39(29-41)53-49(37-16-11-10-12-17-37)48(35(7)51-53)47-33(5)24-32(4)25-34(47)6/h10-14,16-24,26-32,34,47H,8-9,15,25H2,1-7H3/t32-,34?,47-/m0/s1. The number of ether oxygens (including phenoxy) is 1. The highest BCUT2D eigenvalue weighted by molar-refractivity contribution is 6.09. The molecule has 0 amide bonds. The summed E-state index contributed by atoms with van der Waals surface area (Å²) >= 11 is 0. The van der Waals surface area contributed by atoms with Crippen LogP contribution < -0.4 is 4.74 Å². The Labute approximate surface area is 320 Å². The number of rotatable bonds is 10. The Kier molecular flexibility index (Phi) is 9.74. The zero-order chi connectivity index (χ0) is 37.5. The molecular formula is C49H52N4O. The molecule has 0 spiro atoms. The molecule has 0 bridgehead atoms. The molecule has 1 aliphatic rings. The predicted octanol–water partition coefficient (Wildman–Crippen LogP) is 13.3. The monoisotopic (exact) mass is 712 g/mol. The van der Waals surface area contributed by atoms with E-state index in [1.54, 1.807) is 0 Å². The van der Waals surface area contributed by atoms with Gasteiger partial charge in [-0.05, 0) is 104 Å². The van der Waals surface area contributed by atoms with Crippen molar-refractivity contribution in [1.82, 2.24) is 19.3 Å². The third-order valence-corrected chi connectivity index (χ3v) is 11.4. The van der Waals surface area contributed by atoms with Crippen molar-refractivity contribution in [2.75, 3.05) is 0 Å². The van der Waals surface area contributed by atoms with Gasteiger partial charge < -0.3 is 4.74 Å². The highest BCUT2D eigenvalue weighted by Crippen LogP contribution is 2.46. The number of hydrogen-bond donors (Lipinski definition) is 0. The summed E-state index contributed by atoms with van der Waals surface area (Å²) in [6.07, 6.45) is 8.96. The smallest absolute Gasteiger partial charge is 0.137 e. The molecular weight excluding hydrogens is 661 g/mol. The van der Waals surface area contributed by atoms with Crippen molar-refractivity contribution in [3.8, 4) is 34.3 Å². The van der Waals surface area contributed by atoms with Gasteiger partial charge in [0, 0.05) is 46.1 Å². The lowest BCUT2D eigenvalue weighted by atomic mass is 9.72. The molecule has 0 aliphatic heterocycles. The molecule has 5 heteroatoms. The third-order valence-electron chi connectivity index (χ3n) is 11.4. The van der Waals surface area contributed by atoms with Crippen molar-refractivity contribution in [2.24, 2.45) is 11.8 Å². The summed E-state index contributed by atoms with van der Waals surface area (Å²) in [6, 6.07) is 36.9. The second kappa shape index (κ2) is 14.8. The summed E-state index contributed by atoms with van der Waals surface area (Å²) in [4.78, 5) is 4.88. The van der Waals surface area contributed by atoms with Crippen molar-refractivity contribution < 1.29 is 4.74 Å². The average Bonchev–Trinajstić information content (AvgIpc) is 3.68. The van der Waals surface area contributed by atoms with E-state index >= 15 is 0 Å². The number of para-hydroxylation sites is 1. The lowest BCUT2D eigenvalue weighted by Crippen LogP contribution is -2.20. The number of aromatic nitrogens is 4. The third kappa shape index (κ3) is 6.66. The molecule has 274 valence electrons. The molecule has 0 saturated heterocycles. The Balaban J connectivity index is 1.25. The van der Waals surface area contributed by atoms with Gasteiger partial charge in [0.25, 0.3) is 0 Å². The van der Waals surface area contributed by atoms with E-state index in [1.807, 2.05) is 6.20 Å². The molecule has 5 nitrogen and oxygen atoms in total. The van der Waals surface area contributed by atoms with Crippen LogP contribution in [0.15, 0.2) is 121 Å². The van der Waals surface area contributed by atoms with Crippen molar-refractivity contribution in [1.29, 1.82) is 0 Å². The first kappa shape index (κ1) is 35.6. The molecule has 4 aromatic carbocycles. The lowest BCUT2D eigenvalue weighted by molar-refractivity contribution is 0.391. The van der Waals surface area contributed by atoms with Crippen LogP contribution in [0, 0.1) is 18.8 Å². The van der Waals surface area contributed by atoms with Crippen LogP contribution in [-0.2, 0) is 6.42 Å². The number of allylic oxidation sites excluding steroid dienone is 2. The van der Waals surface area contributed by atoms with Crippen LogP contribution in [0.2, 0.25) is 0 Å². The van der Waals surface area contributed by atoms with Crippen molar-refractivity contribution in [3.05, 3.63) is 143 Å². The van der Waals surface area contributed by atoms with E-state index in [-0.39, 0.29) is 0 Å². The molecule has 3 aromatic heterocycles. The molecule has 1 unspecified atom stereocenters. The number of aryl methyl sites for hydroxylation is 2. The Morgan fingerprint density at radius 2 is 1.59 bits per heavy atom. The normalized spacial score (nSPS) is 17.4. The van der Waals surface area contributed by atoms with Gasteiger partial charge in [-0.15, -0.1) is 0 Å². The number of hydrogen-bond acceptors (Lipinski definition) is 3. The topological polar surface area (TPSA) is 44.9 Å². The van der Waals surface area contributed by atoms with E-state index in [0.29, 0.717) is 23.7 Å². The van der Waals surface area contributed by atoms with E-state index in [1.165, 1.54) is 50.7 Å². The molecule has 3 atom stereocenters. The zero-order valence-electron chi connectivity index (χ0n) is 32.8. The average molecular weight is 713 g/mol. The number of fused-ring (bicyclic) bond motifs is 3.